The summed E-state index contributed by atoms with van der Waals surface area (Å²) in [6.07, 6.45) is 0. The normalized spacial score (nSPS) is 15.5. The van der Waals surface area contributed by atoms with Gasteiger partial charge in [0.1, 0.15) is 0 Å². The lowest BCUT2D eigenvalue weighted by Crippen LogP contribution is -2.44. The first-order valence-corrected chi connectivity index (χ1v) is 9.74. The lowest BCUT2D eigenvalue weighted by atomic mass is 10.1. The lowest BCUT2D eigenvalue weighted by molar-refractivity contribution is -0.0328. The Kier molecular flexibility index (Phi) is 6.20. The minimum Gasteiger partial charge on any atom is -0.369 e. The number of carbonyl (C=O) groups excluding carboxylic acids is 1. The van der Waals surface area contributed by atoms with E-state index in [1.165, 1.54) is 24.3 Å². The summed E-state index contributed by atoms with van der Waals surface area (Å²) in [4.78, 5) is 17.1. The molecule has 1 aliphatic heterocycles. The fourth-order valence-electron chi connectivity index (χ4n) is 3.05. The third-order valence-electron chi connectivity index (χ3n) is 4.68. The van der Waals surface area contributed by atoms with Crippen LogP contribution in [0.2, 0.25) is 0 Å². The van der Waals surface area contributed by atoms with Crippen LogP contribution in [0, 0.1) is 6.92 Å². The molecule has 0 aliphatic carbocycles. The van der Waals surface area contributed by atoms with Gasteiger partial charge in [-0.15, -0.1) is 0 Å². The van der Waals surface area contributed by atoms with E-state index in [-0.39, 0.29) is 22.6 Å². The molecule has 150 valence electrons. The van der Waals surface area contributed by atoms with Crippen LogP contribution < -0.4 is 10.2 Å². The number of thioether (sulfide) groups is 1. The molecular weight excluding hydrogens is 387 g/mol. The Hall–Kier alpha value is -2.19. The van der Waals surface area contributed by atoms with Gasteiger partial charge >= 0.3 is 5.51 Å². The number of amides is 1. The molecular formula is C20H22F3N3OS. The quantitative estimate of drug-likeness (QED) is 0.748. The maximum Gasteiger partial charge on any atom is 0.446 e. The van der Waals surface area contributed by atoms with Crippen LogP contribution in [0.15, 0.2) is 47.4 Å². The summed E-state index contributed by atoms with van der Waals surface area (Å²) in [5.74, 6) is -0.348. The van der Waals surface area contributed by atoms with E-state index in [0.29, 0.717) is 11.3 Å². The molecule has 1 amide bonds. The molecule has 1 heterocycles. The number of halogens is 3. The Balaban J connectivity index is 1.65. The van der Waals surface area contributed by atoms with Gasteiger partial charge in [-0.3, -0.25) is 4.79 Å². The highest BCUT2D eigenvalue weighted by Gasteiger charge is 2.29. The van der Waals surface area contributed by atoms with E-state index in [2.05, 4.69) is 22.2 Å². The second kappa shape index (κ2) is 8.45. The Bertz CT molecular complexity index is 832. The van der Waals surface area contributed by atoms with Crippen molar-refractivity contribution in [3.8, 4) is 0 Å². The van der Waals surface area contributed by atoms with Gasteiger partial charge in [-0.05, 0) is 73.8 Å². The smallest absolute Gasteiger partial charge is 0.369 e. The zero-order valence-corrected chi connectivity index (χ0v) is 16.5. The standard InChI is InChI=1S/C20H22F3N3OS/c1-14-13-16(26-11-9-25(2)10-12-26)5-8-18(14)24-19(27)15-3-6-17(7-4-15)28-20(21,22)23/h3-8,13H,9-12H2,1-2H3,(H,24,27). The molecule has 3 rings (SSSR count). The molecule has 1 fully saturated rings. The SMILES string of the molecule is Cc1cc(N2CCN(C)CC2)ccc1NC(=O)c1ccc(SC(F)(F)F)cc1. The number of nitrogens with one attached hydrogen (secondary N) is 1. The Morgan fingerprint density at radius 1 is 1.04 bits per heavy atom. The monoisotopic (exact) mass is 409 g/mol. The summed E-state index contributed by atoms with van der Waals surface area (Å²) in [6.45, 7) is 5.88. The van der Waals surface area contributed by atoms with Crippen LogP contribution in [-0.2, 0) is 0 Å². The van der Waals surface area contributed by atoms with Gasteiger partial charge in [0.2, 0.25) is 0 Å². The van der Waals surface area contributed by atoms with Crippen molar-refractivity contribution in [2.24, 2.45) is 0 Å². The van der Waals surface area contributed by atoms with Crippen LogP contribution in [-0.4, -0.2) is 49.5 Å². The minimum absolute atomic E-state index is 0.0526. The third kappa shape index (κ3) is 5.42. The number of carbonyl (C=O) groups is 1. The maximum absolute atomic E-state index is 12.4. The van der Waals surface area contributed by atoms with E-state index in [1.807, 2.05) is 25.1 Å². The molecule has 0 atom stereocenters. The van der Waals surface area contributed by atoms with E-state index in [0.717, 1.165) is 37.4 Å². The van der Waals surface area contributed by atoms with Crippen molar-refractivity contribution < 1.29 is 18.0 Å². The molecule has 0 spiro atoms. The van der Waals surface area contributed by atoms with Crippen molar-refractivity contribution in [1.82, 2.24) is 4.90 Å². The number of nitrogens with zero attached hydrogens (tertiary/aromatic N) is 2. The number of rotatable bonds is 4. The fraction of sp³-hybridized carbons (Fsp3) is 0.350. The molecule has 1 saturated heterocycles. The van der Waals surface area contributed by atoms with Crippen LogP contribution >= 0.6 is 11.8 Å². The average Bonchev–Trinajstić information content (AvgIpc) is 2.63. The second-order valence-corrected chi connectivity index (χ2v) is 7.95. The van der Waals surface area contributed by atoms with E-state index in [4.69, 9.17) is 0 Å². The molecule has 1 N–H and O–H groups in total. The van der Waals surface area contributed by atoms with Gasteiger partial charge in [-0.25, -0.2) is 0 Å². The molecule has 0 radical (unpaired) electrons. The van der Waals surface area contributed by atoms with Crippen molar-refractivity contribution in [2.75, 3.05) is 43.4 Å². The molecule has 0 unspecified atom stereocenters. The topological polar surface area (TPSA) is 35.6 Å². The van der Waals surface area contributed by atoms with Crippen LogP contribution in [0.4, 0.5) is 24.5 Å². The summed E-state index contributed by atoms with van der Waals surface area (Å²) < 4.78 is 37.2. The first-order chi connectivity index (χ1) is 13.2. The van der Waals surface area contributed by atoms with Gasteiger partial charge < -0.3 is 15.1 Å². The summed E-state index contributed by atoms with van der Waals surface area (Å²) in [6, 6.07) is 11.3. The maximum atomic E-state index is 12.4. The van der Waals surface area contributed by atoms with Gasteiger partial charge in [0.15, 0.2) is 0 Å². The lowest BCUT2D eigenvalue weighted by Gasteiger charge is -2.34. The summed E-state index contributed by atoms with van der Waals surface area (Å²) >= 11 is -0.197. The third-order valence-corrected chi connectivity index (χ3v) is 5.42. The minimum atomic E-state index is -4.34. The molecule has 2 aromatic carbocycles. The molecule has 2 aromatic rings. The summed E-state index contributed by atoms with van der Waals surface area (Å²) in [5.41, 5.74) is -1.27. The molecule has 28 heavy (non-hydrogen) atoms. The Morgan fingerprint density at radius 2 is 1.68 bits per heavy atom. The summed E-state index contributed by atoms with van der Waals surface area (Å²) in [7, 11) is 2.11. The van der Waals surface area contributed by atoms with Crippen LogP contribution in [0.25, 0.3) is 0 Å². The number of piperazine rings is 1. The van der Waals surface area contributed by atoms with Gasteiger partial charge in [-0.2, -0.15) is 13.2 Å². The number of hydrogen-bond donors (Lipinski definition) is 1. The Morgan fingerprint density at radius 3 is 2.25 bits per heavy atom. The van der Waals surface area contributed by atoms with Gasteiger partial charge in [0.05, 0.1) is 0 Å². The van der Waals surface area contributed by atoms with Gasteiger partial charge in [0, 0.05) is 48.0 Å². The van der Waals surface area contributed by atoms with Crippen LogP contribution in [0.1, 0.15) is 15.9 Å². The van der Waals surface area contributed by atoms with E-state index in [1.54, 1.807) is 0 Å². The van der Waals surface area contributed by atoms with E-state index >= 15 is 0 Å². The Labute approximate surface area is 166 Å². The zero-order chi connectivity index (χ0) is 20.3. The fourth-order valence-corrected chi connectivity index (χ4v) is 3.59. The number of anilines is 2. The molecule has 0 saturated carbocycles. The number of alkyl halides is 3. The van der Waals surface area contributed by atoms with Crippen molar-refractivity contribution >= 4 is 29.0 Å². The molecule has 0 bridgehead atoms. The number of likely N-dealkylation sites (N-methyl/N-ethyl adjacent to an activating group) is 1. The molecule has 1 aliphatic rings. The molecule has 8 heteroatoms. The van der Waals surface area contributed by atoms with Crippen molar-refractivity contribution in [3.05, 3.63) is 53.6 Å². The molecule has 0 aromatic heterocycles. The number of benzene rings is 2. The van der Waals surface area contributed by atoms with E-state index < -0.39 is 5.51 Å². The van der Waals surface area contributed by atoms with Crippen LogP contribution in [0.3, 0.4) is 0 Å². The predicted octanol–water partition coefficient (Wildman–Crippen LogP) is 4.61. The zero-order valence-electron chi connectivity index (χ0n) is 15.7. The number of aryl methyl sites for hydroxylation is 1. The largest absolute Gasteiger partial charge is 0.446 e. The highest BCUT2D eigenvalue weighted by molar-refractivity contribution is 8.00. The molecule has 4 nitrogen and oxygen atoms in total. The van der Waals surface area contributed by atoms with E-state index in [9.17, 15) is 18.0 Å². The number of hydrogen-bond acceptors (Lipinski definition) is 4. The highest BCUT2D eigenvalue weighted by atomic mass is 32.2. The summed E-state index contributed by atoms with van der Waals surface area (Å²) in [5, 5.41) is 2.84. The van der Waals surface area contributed by atoms with Gasteiger partial charge in [0.25, 0.3) is 5.91 Å². The van der Waals surface area contributed by atoms with Crippen LogP contribution in [0.5, 0.6) is 0 Å². The van der Waals surface area contributed by atoms with Crippen molar-refractivity contribution in [3.63, 3.8) is 0 Å². The first-order valence-electron chi connectivity index (χ1n) is 8.92. The average molecular weight is 409 g/mol. The predicted molar refractivity (Wildman–Crippen MR) is 107 cm³/mol. The highest BCUT2D eigenvalue weighted by Crippen LogP contribution is 2.36. The van der Waals surface area contributed by atoms with Crippen molar-refractivity contribution in [2.45, 2.75) is 17.3 Å². The second-order valence-electron chi connectivity index (χ2n) is 6.82. The first kappa shape index (κ1) is 20.5. The van der Waals surface area contributed by atoms with Gasteiger partial charge in [-0.1, -0.05) is 0 Å². The van der Waals surface area contributed by atoms with Crippen molar-refractivity contribution in [1.29, 1.82) is 0 Å².